The third-order valence-electron chi connectivity index (χ3n) is 3.97. The van der Waals surface area contributed by atoms with E-state index in [1.165, 1.54) is 5.56 Å². The number of aliphatic hydroxyl groups excluding tert-OH is 1. The first-order chi connectivity index (χ1) is 11.1. The van der Waals surface area contributed by atoms with Gasteiger partial charge in [-0.15, -0.1) is 0 Å². The molecule has 0 saturated heterocycles. The van der Waals surface area contributed by atoms with Gasteiger partial charge in [-0.3, -0.25) is 4.79 Å². The zero-order valence-electron chi connectivity index (χ0n) is 14.7. The average molecular weight is 321 g/mol. The fourth-order valence-corrected chi connectivity index (χ4v) is 2.69. The molecule has 0 bridgehead atoms. The summed E-state index contributed by atoms with van der Waals surface area (Å²) in [6, 6.07) is 8.09. The third kappa shape index (κ3) is 7.14. The number of hydrogen-bond donors (Lipinski definition) is 2. The topological polar surface area (TPSA) is 58.6 Å². The zero-order valence-corrected chi connectivity index (χ0v) is 14.7. The van der Waals surface area contributed by atoms with Crippen molar-refractivity contribution in [2.24, 2.45) is 5.92 Å². The molecule has 130 valence electrons. The molecule has 23 heavy (non-hydrogen) atoms. The van der Waals surface area contributed by atoms with Gasteiger partial charge < -0.3 is 15.2 Å². The number of ether oxygens (including phenoxy) is 1. The van der Waals surface area contributed by atoms with Crippen LogP contribution in [-0.4, -0.2) is 30.8 Å². The Hall–Kier alpha value is -1.39. The standard InChI is InChI=1S/C19H31NO3/c1-4-6-17(7-5-2)19(22)20-14-18(23-13-12-21)16-10-8-15(3)9-11-16/h8-11,17-18,21H,4-7,12-14H2,1-3H3,(H,20,22). The van der Waals surface area contributed by atoms with Gasteiger partial charge in [0.15, 0.2) is 0 Å². The molecule has 1 atom stereocenters. The minimum atomic E-state index is -0.226. The lowest BCUT2D eigenvalue weighted by Gasteiger charge is -2.21. The Morgan fingerprint density at radius 3 is 2.30 bits per heavy atom. The fourth-order valence-electron chi connectivity index (χ4n) is 2.69. The molecule has 0 aromatic heterocycles. The molecule has 2 N–H and O–H groups in total. The molecule has 0 heterocycles. The lowest BCUT2D eigenvalue weighted by Crippen LogP contribution is -2.34. The van der Waals surface area contributed by atoms with Gasteiger partial charge in [0.05, 0.1) is 19.3 Å². The maximum atomic E-state index is 12.4. The van der Waals surface area contributed by atoms with Gasteiger partial charge >= 0.3 is 0 Å². The van der Waals surface area contributed by atoms with Gasteiger partial charge in [0.25, 0.3) is 0 Å². The van der Waals surface area contributed by atoms with Crippen molar-refractivity contribution in [3.63, 3.8) is 0 Å². The number of carbonyl (C=O) groups excluding carboxylic acids is 1. The van der Waals surface area contributed by atoms with Crippen LogP contribution in [0.3, 0.4) is 0 Å². The van der Waals surface area contributed by atoms with Crippen LogP contribution in [0, 0.1) is 12.8 Å². The summed E-state index contributed by atoms with van der Waals surface area (Å²) in [7, 11) is 0. The molecule has 0 fully saturated rings. The van der Waals surface area contributed by atoms with Crippen LogP contribution in [0.5, 0.6) is 0 Å². The second-order valence-corrected chi connectivity index (χ2v) is 6.01. The average Bonchev–Trinajstić information content (AvgIpc) is 2.55. The summed E-state index contributed by atoms with van der Waals surface area (Å²) < 4.78 is 5.70. The molecule has 4 heteroatoms. The zero-order chi connectivity index (χ0) is 17.1. The number of nitrogens with one attached hydrogen (secondary N) is 1. The van der Waals surface area contributed by atoms with Gasteiger partial charge in [-0.25, -0.2) is 0 Å². The van der Waals surface area contributed by atoms with E-state index in [-0.39, 0.29) is 31.1 Å². The molecular formula is C19H31NO3. The van der Waals surface area contributed by atoms with Crippen molar-refractivity contribution in [1.29, 1.82) is 0 Å². The monoisotopic (exact) mass is 321 g/mol. The molecule has 1 unspecified atom stereocenters. The normalized spacial score (nSPS) is 12.4. The summed E-state index contributed by atoms with van der Waals surface area (Å²) in [5.74, 6) is 0.194. The van der Waals surface area contributed by atoms with Crippen LogP contribution in [0.1, 0.15) is 56.8 Å². The fraction of sp³-hybridized carbons (Fsp3) is 0.632. The summed E-state index contributed by atoms with van der Waals surface area (Å²) in [5.41, 5.74) is 2.21. The van der Waals surface area contributed by atoms with Crippen LogP contribution in [0.15, 0.2) is 24.3 Å². The first-order valence-electron chi connectivity index (χ1n) is 8.69. The number of aliphatic hydroxyl groups is 1. The second-order valence-electron chi connectivity index (χ2n) is 6.01. The lowest BCUT2D eigenvalue weighted by atomic mass is 9.97. The van der Waals surface area contributed by atoms with Crippen molar-refractivity contribution in [3.8, 4) is 0 Å². The molecule has 0 aliphatic heterocycles. The summed E-state index contributed by atoms with van der Waals surface area (Å²) in [6.07, 6.45) is 3.65. The van der Waals surface area contributed by atoms with Gasteiger partial charge in [0.1, 0.15) is 0 Å². The Balaban J connectivity index is 2.65. The van der Waals surface area contributed by atoms with Crippen molar-refractivity contribution >= 4 is 5.91 Å². The first-order valence-corrected chi connectivity index (χ1v) is 8.69. The van der Waals surface area contributed by atoms with Crippen LogP contribution in [-0.2, 0) is 9.53 Å². The lowest BCUT2D eigenvalue weighted by molar-refractivity contribution is -0.126. The summed E-state index contributed by atoms with van der Waals surface area (Å²) >= 11 is 0. The van der Waals surface area contributed by atoms with E-state index in [2.05, 4.69) is 19.2 Å². The van der Waals surface area contributed by atoms with E-state index in [4.69, 9.17) is 9.84 Å². The summed E-state index contributed by atoms with van der Waals surface area (Å²) in [6.45, 7) is 6.93. The highest BCUT2D eigenvalue weighted by Crippen LogP contribution is 2.19. The van der Waals surface area contributed by atoms with Crippen molar-refractivity contribution in [2.75, 3.05) is 19.8 Å². The molecule has 0 saturated carbocycles. The molecule has 0 aliphatic rings. The molecular weight excluding hydrogens is 290 g/mol. The van der Waals surface area contributed by atoms with Crippen molar-refractivity contribution in [2.45, 2.75) is 52.6 Å². The van der Waals surface area contributed by atoms with Crippen LogP contribution in [0.4, 0.5) is 0 Å². The molecule has 1 aromatic carbocycles. The molecule has 1 amide bonds. The number of carbonyl (C=O) groups is 1. The summed E-state index contributed by atoms with van der Waals surface area (Å²) in [4.78, 5) is 12.4. The SMILES string of the molecule is CCCC(CCC)C(=O)NCC(OCCO)c1ccc(C)cc1. The van der Waals surface area contributed by atoms with Crippen LogP contribution in [0.2, 0.25) is 0 Å². The molecule has 0 radical (unpaired) electrons. The highest BCUT2D eigenvalue weighted by Gasteiger charge is 2.19. The van der Waals surface area contributed by atoms with Gasteiger partial charge in [-0.1, -0.05) is 56.5 Å². The smallest absolute Gasteiger partial charge is 0.223 e. The molecule has 1 rings (SSSR count). The Morgan fingerprint density at radius 1 is 1.17 bits per heavy atom. The van der Waals surface area contributed by atoms with E-state index in [1.54, 1.807) is 0 Å². The van der Waals surface area contributed by atoms with Crippen LogP contribution in [0.25, 0.3) is 0 Å². The van der Waals surface area contributed by atoms with Gasteiger partial charge in [-0.05, 0) is 25.3 Å². The number of hydrogen-bond acceptors (Lipinski definition) is 3. The maximum absolute atomic E-state index is 12.4. The van der Waals surface area contributed by atoms with Crippen LogP contribution >= 0.6 is 0 Å². The van der Waals surface area contributed by atoms with Crippen LogP contribution < -0.4 is 5.32 Å². The number of benzene rings is 1. The largest absolute Gasteiger partial charge is 0.394 e. The summed E-state index contributed by atoms with van der Waals surface area (Å²) in [5, 5.41) is 12.0. The molecule has 0 aliphatic carbocycles. The second kappa shape index (κ2) is 11.2. The van der Waals surface area contributed by atoms with E-state index in [0.29, 0.717) is 6.54 Å². The van der Waals surface area contributed by atoms with E-state index in [9.17, 15) is 4.79 Å². The van der Waals surface area contributed by atoms with Crippen molar-refractivity contribution in [1.82, 2.24) is 5.32 Å². The maximum Gasteiger partial charge on any atom is 0.223 e. The Morgan fingerprint density at radius 2 is 1.78 bits per heavy atom. The highest BCUT2D eigenvalue weighted by molar-refractivity contribution is 5.78. The molecule has 1 aromatic rings. The van der Waals surface area contributed by atoms with E-state index < -0.39 is 0 Å². The van der Waals surface area contributed by atoms with E-state index >= 15 is 0 Å². The van der Waals surface area contributed by atoms with Crippen molar-refractivity contribution in [3.05, 3.63) is 35.4 Å². The van der Waals surface area contributed by atoms with Gasteiger partial charge in [0, 0.05) is 12.5 Å². The number of aryl methyl sites for hydroxylation is 1. The minimum Gasteiger partial charge on any atom is -0.394 e. The van der Waals surface area contributed by atoms with E-state index in [0.717, 1.165) is 31.2 Å². The first kappa shape index (κ1) is 19.7. The van der Waals surface area contributed by atoms with Crippen molar-refractivity contribution < 1.29 is 14.6 Å². The molecule has 0 spiro atoms. The van der Waals surface area contributed by atoms with Gasteiger partial charge in [0.2, 0.25) is 5.91 Å². The third-order valence-corrected chi connectivity index (χ3v) is 3.97. The number of amides is 1. The number of rotatable bonds is 11. The van der Waals surface area contributed by atoms with E-state index in [1.807, 2.05) is 31.2 Å². The molecule has 4 nitrogen and oxygen atoms in total. The minimum absolute atomic E-state index is 0.0232. The highest BCUT2D eigenvalue weighted by atomic mass is 16.5. The predicted molar refractivity (Wildman–Crippen MR) is 93.3 cm³/mol. The Kier molecular flexibility index (Phi) is 9.57. The Bertz CT molecular complexity index is 438. The predicted octanol–water partition coefficient (Wildman–Crippen LogP) is 3.38. The van der Waals surface area contributed by atoms with Gasteiger partial charge in [-0.2, -0.15) is 0 Å². The quantitative estimate of drug-likeness (QED) is 0.657. The Labute approximate surface area is 140 Å².